The second-order valence-corrected chi connectivity index (χ2v) is 31.3. The molecule has 0 saturated heterocycles. The highest BCUT2D eigenvalue weighted by atomic mass is 16.1. The Hall–Kier alpha value is -0.590. The summed E-state index contributed by atoms with van der Waals surface area (Å²) in [7, 11) is 0. The van der Waals surface area contributed by atoms with Crippen molar-refractivity contribution in [2.45, 2.75) is 257 Å². The fourth-order valence-corrected chi connectivity index (χ4v) is 25.5. The first-order valence-electron chi connectivity index (χ1n) is 29.5. The zero-order valence-corrected chi connectivity index (χ0v) is 45.7. The summed E-state index contributed by atoms with van der Waals surface area (Å²) in [6.45, 7) is 38.2. The van der Waals surface area contributed by atoms with Crippen LogP contribution in [0, 0.1) is 125 Å². The minimum Gasteiger partial charge on any atom is -0.298 e. The first kappa shape index (κ1) is 48.1. The van der Waals surface area contributed by atoms with Crippen LogP contribution in [0.3, 0.4) is 0 Å². The van der Waals surface area contributed by atoms with Gasteiger partial charge in [0.1, 0.15) is 6.29 Å². The third-order valence-electron chi connectivity index (χ3n) is 28.7. The van der Waals surface area contributed by atoms with Crippen LogP contribution in [0.2, 0.25) is 0 Å². The maximum Gasteiger partial charge on any atom is 0.145 e. The summed E-state index contributed by atoms with van der Waals surface area (Å²) >= 11 is 0. The summed E-state index contributed by atoms with van der Waals surface area (Å²) in [5, 5.41) is 0. The molecule has 368 valence electrons. The van der Waals surface area contributed by atoms with Gasteiger partial charge >= 0.3 is 0 Å². The molecule has 10 fully saturated rings. The van der Waals surface area contributed by atoms with E-state index in [1.54, 1.807) is 0 Å². The summed E-state index contributed by atoms with van der Waals surface area (Å²) in [5.41, 5.74) is 6.14. The van der Waals surface area contributed by atoms with E-state index in [2.05, 4.69) is 103 Å². The van der Waals surface area contributed by atoms with Crippen LogP contribution in [0.15, 0.2) is 11.6 Å². The minimum atomic E-state index is 0.468. The third-order valence-corrected chi connectivity index (χ3v) is 28.7. The molecule has 0 spiro atoms. The molecule has 0 radical (unpaired) electrons. The second-order valence-electron chi connectivity index (χ2n) is 31.3. The van der Waals surface area contributed by atoms with Crippen molar-refractivity contribution >= 4 is 6.29 Å². The van der Waals surface area contributed by atoms with Crippen molar-refractivity contribution in [2.24, 2.45) is 125 Å². The van der Waals surface area contributed by atoms with Crippen molar-refractivity contribution in [1.82, 2.24) is 0 Å². The Morgan fingerprint density at radius 2 is 0.815 bits per heavy atom. The average Bonchev–Trinajstić information content (AvgIpc) is 3.77. The summed E-state index contributed by atoms with van der Waals surface area (Å²) in [5.74, 6) is 10.2. The van der Waals surface area contributed by atoms with Gasteiger partial charge in [0.25, 0.3) is 0 Å². The number of fused-ring (bicyclic) bond motifs is 14. The summed E-state index contributed by atoms with van der Waals surface area (Å²) in [6, 6.07) is 0. The highest BCUT2D eigenvalue weighted by Gasteiger charge is 2.72. The van der Waals surface area contributed by atoms with Crippen LogP contribution >= 0.6 is 0 Å². The van der Waals surface area contributed by atoms with E-state index in [1.807, 2.05) is 0 Å². The van der Waals surface area contributed by atoms with Crippen molar-refractivity contribution < 1.29 is 4.79 Å². The average molecular weight is 892 g/mol. The number of allylic oxidation sites excluding steroid dienone is 2. The molecule has 0 aromatic rings. The van der Waals surface area contributed by atoms with E-state index < -0.39 is 0 Å². The number of hydrogen-bond donors (Lipinski definition) is 0. The van der Waals surface area contributed by atoms with E-state index in [4.69, 9.17) is 0 Å². The lowest BCUT2D eigenvalue weighted by Gasteiger charge is -2.73. The Labute approximate surface area is 403 Å². The first-order valence-corrected chi connectivity index (χ1v) is 29.5. The maximum absolute atomic E-state index is 12.9. The van der Waals surface area contributed by atoms with E-state index in [-0.39, 0.29) is 0 Å². The predicted octanol–water partition coefficient (Wildman–Crippen LogP) is 18.5. The summed E-state index contributed by atoms with van der Waals surface area (Å²) in [4.78, 5) is 12.9. The molecule has 10 saturated carbocycles. The van der Waals surface area contributed by atoms with Crippen molar-refractivity contribution in [3.8, 4) is 0 Å². The molecule has 1 nitrogen and oxygen atoms in total. The summed E-state index contributed by atoms with van der Waals surface area (Å²) in [6.07, 6.45) is 39.3. The van der Waals surface area contributed by atoms with Crippen LogP contribution in [-0.4, -0.2) is 6.29 Å². The number of carbonyl (C=O) groups is 1. The van der Waals surface area contributed by atoms with Gasteiger partial charge in [0.15, 0.2) is 0 Å². The highest BCUT2D eigenvalue weighted by Crippen LogP contribution is 2.80. The number of hydrogen-bond acceptors (Lipinski definition) is 1. The molecule has 20 atom stereocenters. The fourth-order valence-electron chi connectivity index (χ4n) is 25.5. The van der Waals surface area contributed by atoms with Crippen LogP contribution < -0.4 is 0 Å². The summed E-state index contributed by atoms with van der Waals surface area (Å²) < 4.78 is 0. The lowest BCUT2D eigenvalue weighted by Crippen LogP contribution is -2.65. The second kappa shape index (κ2) is 15.7. The topological polar surface area (TPSA) is 17.1 Å². The molecule has 0 heterocycles. The molecular formula is C64H106O. The van der Waals surface area contributed by atoms with E-state index in [0.717, 1.165) is 83.5 Å². The molecule has 10 aliphatic carbocycles. The Balaban J connectivity index is 0.768. The van der Waals surface area contributed by atoms with Gasteiger partial charge in [-0.05, 0) is 278 Å². The largest absolute Gasteiger partial charge is 0.298 e. The highest BCUT2D eigenvalue weighted by molar-refractivity contribution is 5.73. The number of aldehydes is 1. The molecule has 0 amide bonds. The maximum atomic E-state index is 12.9. The molecule has 10 aliphatic rings. The van der Waals surface area contributed by atoms with Crippen LogP contribution in [0.4, 0.5) is 0 Å². The van der Waals surface area contributed by atoms with Gasteiger partial charge in [0.2, 0.25) is 0 Å². The van der Waals surface area contributed by atoms with Crippen molar-refractivity contribution in [1.29, 1.82) is 0 Å². The molecular weight excluding hydrogens is 785 g/mol. The first-order chi connectivity index (χ1) is 30.4. The van der Waals surface area contributed by atoms with Gasteiger partial charge in [-0.15, -0.1) is 0 Å². The Bertz CT molecular complexity index is 1850. The zero-order chi connectivity index (χ0) is 46.6. The van der Waals surface area contributed by atoms with Crippen LogP contribution in [0.25, 0.3) is 0 Å². The van der Waals surface area contributed by atoms with Gasteiger partial charge in [-0.25, -0.2) is 0 Å². The predicted molar refractivity (Wildman–Crippen MR) is 275 cm³/mol. The van der Waals surface area contributed by atoms with Crippen LogP contribution in [0.1, 0.15) is 257 Å². The Morgan fingerprint density at radius 3 is 1.23 bits per heavy atom. The third kappa shape index (κ3) is 6.53. The fraction of sp³-hybridized carbons (Fsp3) is 0.953. The molecule has 0 aliphatic heterocycles. The van der Waals surface area contributed by atoms with Crippen molar-refractivity contribution in [3.05, 3.63) is 11.6 Å². The molecule has 65 heavy (non-hydrogen) atoms. The molecule has 1 unspecified atom stereocenters. The van der Waals surface area contributed by atoms with Crippen molar-refractivity contribution in [3.63, 3.8) is 0 Å². The molecule has 0 N–H and O–H groups in total. The van der Waals surface area contributed by atoms with Gasteiger partial charge in [0, 0.05) is 0 Å². The van der Waals surface area contributed by atoms with Gasteiger partial charge in [-0.3, -0.25) is 4.79 Å². The minimum absolute atomic E-state index is 0.468. The van der Waals surface area contributed by atoms with E-state index in [1.165, 1.54) is 154 Å². The van der Waals surface area contributed by atoms with Gasteiger partial charge in [-0.2, -0.15) is 0 Å². The lowest BCUT2D eigenvalue weighted by atomic mass is 9.32. The normalized spacial score (nSPS) is 55.1. The van der Waals surface area contributed by atoms with E-state index in [0.29, 0.717) is 60.1 Å². The Kier molecular flexibility index (Phi) is 11.6. The van der Waals surface area contributed by atoms with Crippen LogP contribution in [-0.2, 0) is 4.79 Å². The smallest absolute Gasteiger partial charge is 0.145 e. The van der Waals surface area contributed by atoms with E-state index in [9.17, 15) is 4.79 Å². The van der Waals surface area contributed by atoms with Gasteiger partial charge < -0.3 is 0 Å². The number of rotatable bonds is 8. The molecule has 10 rings (SSSR count). The molecule has 0 aromatic heterocycles. The SMILES string of the molecule is CC(CC/C=C(\C=O)C[C@@H](C)[C@H]1CC[C@]2(C)[C@H]3CC[C@@H]4[C@@]5(C)CCCC(C)(C)[C@@H]5CC[C@@]4(C)[C@]3(C)CC[C@@H]12)[C@H]1CC[C@]2(C)[C@H]3CC[C@@H]4[C@@]5(C)CCCC(C)(C)[C@@H]5CC[C@@]4(C)[C@]3(C)CC[C@@H]12. The molecule has 1 heteroatoms. The Morgan fingerprint density at radius 1 is 0.431 bits per heavy atom. The van der Waals surface area contributed by atoms with Crippen LogP contribution in [0.5, 0.6) is 0 Å². The van der Waals surface area contributed by atoms with Crippen molar-refractivity contribution in [2.75, 3.05) is 0 Å². The van der Waals surface area contributed by atoms with Gasteiger partial charge in [-0.1, -0.05) is 116 Å². The molecule has 0 bridgehead atoms. The zero-order valence-electron chi connectivity index (χ0n) is 45.7. The number of carbonyl (C=O) groups excluding carboxylic acids is 1. The van der Waals surface area contributed by atoms with Gasteiger partial charge in [0.05, 0.1) is 0 Å². The lowest BCUT2D eigenvalue weighted by molar-refractivity contribution is -0.241. The quantitative estimate of drug-likeness (QED) is 0.175. The monoisotopic (exact) mass is 891 g/mol. The molecule has 0 aromatic carbocycles. The van der Waals surface area contributed by atoms with E-state index >= 15 is 0 Å². The standard InChI is InChI=1S/C64H106O/c1-42(45-24-34-57(7)47(45)26-36-61(11)51(57)20-22-53-59(9)32-16-30-55(3,4)49(59)28-38-63(53,61)13)18-15-19-44(41-65)40-43(2)46-25-35-58(8)48(46)27-37-62(12)52(58)21-23-54-60(10)33-17-31-56(5,6)50(60)29-39-64(54,62)14/h19,41-43,45-54H,15-18,20-40H2,1-14H3/b44-19-/t42?,43-,45-,46-,47+,48+,49+,50+,51-,52-,53-,54-,57+,58+,59+,60+,61-,62-,63-,64-/m1/s1.